The zero-order chi connectivity index (χ0) is 20.4. The van der Waals surface area contributed by atoms with Gasteiger partial charge in [0.05, 0.1) is 29.0 Å². The van der Waals surface area contributed by atoms with Gasteiger partial charge < -0.3 is 14.5 Å². The van der Waals surface area contributed by atoms with Crippen LogP contribution in [-0.4, -0.2) is 31.2 Å². The number of rotatable bonds is 6. The van der Waals surface area contributed by atoms with E-state index >= 15 is 0 Å². The van der Waals surface area contributed by atoms with Gasteiger partial charge in [-0.1, -0.05) is 24.3 Å². The highest BCUT2D eigenvalue weighted by Crippen LogP contribution is 2.31. The molecule has 4 rings (SSSR count). The van der Waals surface area contributed by atoms with Gasteiger partial charge >= 0.3 is 0 Å². The van der Waals surface area contributed by atoms with E-state index in [2.05, 4.69) is 10.3 Å². The molecule has 2 aromatic heterocycles. The maximum atomic E-state index is 12.8. The molecule has 1 N–H and O–H groups in total. The molecule has 0 radical (unpaired) electrons. The second-order valence-electron chi connectivity index (χ2n) is 6.81. The van der Waals surface area contributed by atoms with Crippen molar-refractivity contribution in [2.75, 3.05) is 6.61 Å². The molecule has 0 saturated heterocycles. The van der Waals surface area contributed by atoms with E-state index in [0.29, 0.717) is 24.7 Å². The predicted molar refractivity (Wildman–Crippen MR) is 109 cm³/mol. The molecular weight excluding hydrogens is 412 g/mol. The van der Waals surface area contributed by atoms with Gasteiger partial charge in [-0.05, 0) is 24.4 Å². The van der Waals surface area contributed by atoms with Crippen molar-refractivity contribution in [2.24, 2.45) is 0 Å². The Kier molecular flexibility index (Phi) is 5.42. The average molecular weight is 433 g/mol. The van der Waals surface area contributed by atoms with Gasteiger partial charge in [0.2, 0.25) is 11.8 Å². The van der Waals surface area contributed by atoms with Crippen LogP contribution < -0.4 is 10.1 Å². The molecule has 152 valence electrons. The summed E-state index contributed by atoms with van der Waals surface area (Å²) in [6, 6.07) is 10.9. The third-order valence-corrected chi connectivity index (χ3v) is 7.66. The lowest BCUT2D eigenvalue weighted by molar-refractivity contribution is -0.121. The van der Waals surface area contributed by atoms with E-state index in [1.807, 2.05) is 41.8 Å². The number of amides is 1. The topological polar surface area (TPSA) is 98.5 Å². The number of thiophene rings is 1. The van der Waals surface area contributed by atoms with Crippen LogP contribution in [0.25, 0.3) is 10.8 Å². The molecule has 2 atom stereocenters. The monoisotopic (exact) mass is 432 g/mol. The van der Waals surface area contributed by atoms with Crippen molar-refractivity contribution in [3.8, 4) is 16.5 Å². The first kappa shape index (κ1) is 19.7. The SMILES string of the molecule is C[C@@H](C(=O)N[C@H]1CCOc2ccccc21)S(=O)(=O)Cc1coc(-c2cccs2)n1. The molecule has 1 aliphatic rings. The first-order valence-corrected chi connectivity index (χ1v) is 11.8. The fourth-order valence-corrected chi connectivity index (χ4v) is 5.01. The minimum atomic E-state index is -3.76. The number of para-hydroxylation sites is 1. The standard InChI is InChI=1S/C20H20N2O5S2/c1-13(19(23)22-16-8-9-26-17-6-3-2-5-15(16)17)29(24,25)12-14-11-27-20(21-14)18-7-4-10-28-18/h2-7,10-11,13,16H,8-9,12H2,1H3,(H,22,23)/t13-,16-/m0/s1. The quantitative estimate of drug-likeness (QED) is 0.641. The van der Waals surface area contributed by atoms with Crippen molar-refractivity contribution in [1.82, 2.24) is 10.3 Å². The fourth-order valence-electron chi connectivity index (χ4n) is 3.16. The smallest absolute Gasteiger partial charge is 0.238 e. The van der Waals surface area contributed by atoms with Gasteiger partial charge in [0.1, 0.15) is 17.3 Å². The summed E-state index contributed by atoms with van der Waals surface area (Å²) in [5.74, 6) is 0.193. The Hall–Kier alpha value is -2.65. The van der Waals surface area contributed by atoms with Crippen molar-refractivity contribution >= 4 is 27.1 Å². The third kappa shape index (κ3) is 4.20. The van der Waals surface area contributed by atoms with Crippen LogP contribution in [0.2, 0.25) is 0 Å². The van der Waals surface area contributed by atoms with Crippen LogP contribution in [0.15, 0.2) is 52.5 Å². The Balaban J connectivity index is 1.44. The average Bonchev–Trinajstić information content (AvgIpc) is 3.39. The Morgan fingerprint density at radius 2 is 2.14 bits per heavy atom. The minimum absolute atomic E-state index is 0.275. The highest BCUT2D eigenvalue weighted by molar-refractivity contribution is 7.92. The first-order valence-electron chi connectivity index (χ1n) is 9.16. The number of hydrogen-bond acceptors (Lipinski definition) is 7. The maximum absolute atomic E-state index is 12.8. The first-order chi connectivity index (χ1) is 13.9. The summed E-state index contributed by atoms with van der Waals surface area (Å²) < 4.78 is 36.5. The summed E-state index contributed by atoms with van der Waals surface area (Å²) in [7, 11) is -3.76. The van der Waals surface area contributed by atoms with Gasteiger partial charge in [-0.3, -0.25) is 4.79 Å². The Bertz CT molecular complexity index is 1110. The van der Waals surface area contributed by atoms with Crippen LogP contribution in [-0.2, 0) is 20.4 Å². The summed E-state index contributed by atoms with van der Waals surface area (Å²) in [4.78, 5) is 17.7. The largest absolute Gasteiger partial charge is 0.493 e. The minimum Gasteiger partial charge on any atom is -0.493 e. The van der Waals surface area contributed by atoms with Gasteiger partial charge in [-0.2, -0.15) is 0 Å². The Morgan fingerprint density at radius 3 is 2.93 bits per heavy atom. The highest BCUT2D eigenvalue weighted by atomic mass is 32.2. The zero-order valence-corrected chi connectivity index (χ0v) is 17.3. The van der Waals surface area contributed by atoms with Crippen molar-refractivity contribution in [2.45, 2.75) is 30.4 Å². The van der Waals surface area contributed by atoms with Crippen LogP contribution in [0.5, 0.6) is 5.75 Å². The molecule has 1 aromatic carbocycles. The third-order valence-electron chi connectivity index (χ3n) is 4.82. The summed E-state index contributed by atoms with van der Waals surface area (Å²) >= 11 is 1.45. The van der Waals surface area contributed by atoms with E-state index in [-0.39, 0.29) is 17.5 Å². The second-order valence-corrected chi connectivity index (χ2v) is 10.1. The number of oxazole rings is 1. The molecule has 3 heterocycles. The Labute approximate surface area is 172 Å². The van der Waals surface area contributed by atoms with E-state index in [1.54, 1.807) is 0 Å². The molecule has 7 nitrogen and oxygen atoms in total. The van der Waals surface area contributed by atoms with Crippen molar-refractivity contribution in [3.05, 3.63) is 59.3 Å². The normalized spacial score (nSPS) is 17.2. The van der Waals surface area contributed by atoms with E-state index in [1.165, 1.54) is 24.5 Å². The van der Waals surface area contributed by atoms with E-state index in [0.717, 1.165) is 10.4 Å². The molecule has 0 fully saturated rings. The van der Waals surface area contributed by atoms with Crippen LogP contribution >= 0.6 is 11.3 Å². The Morgan fingerprint density at radius 1 is 1.31 bits per heavy atom. The van der Waals surface area contributed by atoms with E-state index < -0.39 is 21.0 Å². The van der Waals surface area contributed by atoms with Gasteiger partial charge in [0.25, 0.3) is 0 Å². The number of aromatic nitrogens is 1. The number of hydrogen-bond donors (Lipinski definition) is 1. The summed E-state index contributed by atoms with van der Waals surface area (Å²) in [6.45, 7) is 1.86. The second kappa shape index (κ2) is 8.00. The summed E-state index contributed by atoms with van der Waals surface area (Å²) in [6.07, 6.45) is 1.91. The van der Waals surface area contributed by atoms with E-state index in [4.69, 9.17) is 9.15 Å². The molecule has 29 heavy (non-hydrogen) atoms. The number of sulfone groups is 1. The summed E-state index contributed by atoms with van der Waals surface area (Å²) in [5.41, 5.74) is 1.14. The van der Waals surface area contributed by atoms with Gasteiger partial charge in [0, 0.05) is 12.0 Å². The number of ether oxygens (including phenoxy) is 1. The molecule has 9 heteroatoms. The predicted octanol–water partition coefficient (Wildman–Crippen LogP) is 3.35. The molecule has 0 saturated carbocycles. The van der Waals surface area contributed by atoms with Gasteiger partial charge in [-0.15, -0.1) is 11.3 Å². The lowest BCUT2D eigenvalue weighted by Gasteiger charge is -2.27. The lowest BCUT2D eigenvalue weighted by Crippen LogP contribution is -2.41. The van der Waals surface area contributed by atoms with Crippen LogP contribution in [0, 0.1) is 0 Å². The van der Waals surface area contributed by atoms with E-state index in [9.17, 15) is 13.2 Å². The summed E-state index contributed by atoms with van der Waals surface area (Å²) in [5, 5.41) is 3.53. The molecular formula is C20H20N2O5S2. The van der Waals surface area contributed by atoms with Crippen LogP contribution in [0.4, 0.5) is 0 Å². The number of fused-ring (bicyclic) bond motifs is 1. The number of carbonyl (C=O) groups is 1. The van der Waals surface area contributed by atoms with Gasteiger partial charge in [-0.25, -0.2) is 13.4 Å². The molecule has 0 aliphatic carbocycles. The number of benzene rings is 1. The molecule has 0 unspecified atom stereocenters. The molecule has 0 bridgehead atoms. The van der Waals surface area contributed by atoms with Crippen LogP contribution in [0.1, 0.15) is 30.6 Å². The maximum Gasteiger partial charge on any atom is 0.238 e. The zero-order valence-electron chi connectivity index (χ0n) is 15.7. The fraction of sp³-hybridized carbons (Fsp3) is 0.300. The highest BCUT2D eigenvalue weighted by Gasteiger charge is 2.32. The van der Waals surface area contributed by atoms with Gasteiger partial charge in [0.15, 0.2) is 9.84 Å². The molecule has 1 amide bonds. The van der Waals surface area contributed by atoms with Crippen molar-refractivity contribution in [1.29, 1.82) is 0 Å². The van der Waals surface area contributed by atoms with Crippen molar-refractivity contribution < 1.29 is 22.4 Å². The van der Waals surface area contributed by atoms with Crippen LogP contribution in [0.3, 0.4) is 0 Å². The number of nitrogens with zero attached hydrogens (tertiary/aromatic N) is 1. The van der Waals surface area contributed by atoms with Crippen molar-refractivity contribution in [3.63, 3.8) is 0 Å². The molecule has 1 aliphatic heterocycles. The molecule has 0 spiro atoms. The molecule has 3 aromatic rings. The lowest BCUT2D eigenvalue weighted by atomic mass is 10.0. The number of nitrogens with one attached hydrogen (secondary N) is 1. The number of carbonyl (C=O) groups excluding carboxylic acids is 1.